The van der Waals surface area contributed by atoms with E-state index in [9.17, 15) is 0 Å². The highest BCUT2D eigenvalue weighted by Crippen LogP contribution is 2.24. The van der Waals surface area contributed by atoms with Crippen LogP contribution in [0.5, 0.6) is 0 Å². The first kappa shape index (κ1) is 13.3. The first-order chi connectivity index (χ1) is 9.10. The zero-order chi connectivity index (χ0) is 13.8. The van der Waals surface area contributed by atoms with Gasteiger partial charge in [-0.05, 0) is 35.9 Å². The quantitative estimate of drug-likeness (QED) is 0.870. The van der Waals surface area contributed by atoms with Crippen LogP contribution < -0.4 is 10.6 Å². The molecule has 2 N–H and O–H groups in total. The molecule has 0 saturated heterocycles. The molecule has 4 heteroatoms. The summed E-state index contributed by atoms with van der Waals surface area (Å²) in [6.07, 6.45) is 0. The lowest BCUT2D eigenvalue weighted by Gasteiger charge is -2.21. The van der Waals surface area contributed by atoms with Gasteiger partial charge < -0.3 is 10.6 Å². The first-order valence-electron chi connectivity index (χ1n) is 5.85. The summed E-state index contributed by atoms with van der Waals surface area (Å²) in [5.74, 6) is 0. The smallest absolute Gasteiger partial charge is 0.101 e. The van der Waals surface area contributed by atoms with Crippen molar-refractivity contribution in [1.82, 2.24) is 0 Å². The van der Waals surface area contributed by atoms with Crippen molar-refractivity contribution in [2.45, 2.75) is 6.54 Å². The third-order valence-electron chi connectivity index (χ3n) is 2.89. The molecule has 0 aliphatic carbocycles. The molecule has 19 heavy (non-hydrogen) atoms. The lowest BCUT2D eigenvalue weighted by molar-refractivity contribution is 0.921. The van der Waals surface area contributed by atoms with Crippen molar-refractivity contribution in [3.63, 3.8) is 0 Å². The molecule has 0 heterocycles. The van der Waals surface area contributed by atoms with Crippen LogP contribution in [0.25, 0.3) is 0 Å². The van der Waals surface area contributed by atoms with E-state index in [2.05, 4.69) is 6.07 Å². The van der Waals surface area contributed by atoms with E-state index in [0.29, 0.717) is 17.1 Å². The summed E-state index contributed by atoms with van der Waals surface area (Å²) >= 11 is 5.99. The molecule has 0 unspecified atom stereocenters. The van der Waals surface area contributed by atoms with Gasteiger partial charge in [-0.15, -0.1) is 0 Å². The van der Waals surface area contributed by atoms with Gasteiger partial charge in [0.25, 0.3) is 0 Å². The van der Waals surface area contributed by atoms with Crippen LogP contribution in [-0.4, -0.2) is 7.05 Å². The van der Waals surface area contributed by atoms with E-state index in [-0.39, 0.29) is 0 Å². The fourth-order valence-corrected chi connectivity index (χ4v) is 2.06. The maximum absolute atomic E-state index is 9.12. The van der Waals surface area contributed by atoms with Crippen LogP contribution in [-0.2, 0) is 6.54 Å². The summed E-state index contributed by atoms with van der Waals surface area (Å²) < 4.78 is 0. The molecule has 0 aromatic heterocycles. The number of benzene rings is 2. The Bertz CT molecular complexity index is 614. The van der Waals surface area contributed by atoms with Crippen molar-refractivity contribution in [2.75, 3.05) is 17.7 Å². The van der Waals surface area contributed by atoms with Gasteiger partial charge in [-0.3, -0.25) is 0 Å². The van der Waals surface area contributed by atoms with Crippen molar-refractivity contribution >= 4 is 23.0 Å². The van der Waals surface area contributed by atoms with Gasteiger partial charge in [0.1, 0.15) is 6.07 Å². The zero-order valence-corrected chi connectivity index (χ0v) is 11.4. The highest BCUT2D eigenvalue weighted by Gasteiger charge is 2.08. The predicted octanol–water partition coefficient (Wildman–Crippen LogP) is 3.43. The van der Waals surface area contributed by atoms with Gasteiger partial charge in [0.2, 0.25) is 0 Å². The van der Waals surface area contributed by atoms with Gasteiger partial charge in [0.05, 0.1) is 11.3 Å². The molecule has 2 rings (SSSR count). The molecule has 0 amide bonds. The second-order valence-corrected chi connectivity index (χ2v) is 4.81. The monoisotopic (exact) mass is 271 g/mol. The third-order valence-corrected chi connectivity index (χ3v) is 3.13. The molecule has 0 aliphatic rings. The molecule has 0 bridgehead atoms. The number of hydrogen-bond acceptors (Lipinski definition) is 3. The Labute approximate surface area is 117 Å². The number of nitrogen functional groups attached to an aromatic ring is 1. The lowest BCUT2D eigenvalue weighted by atomic mass is 10.1. The zero-order valence-electron chi connectivity index (χ0n) is 10.6. The highest BCUT2D eigenvalue weighted by molar-refractivity contribution is 6.30. The van der Waals surface area contributed by atoms with Crippen molar-refractivity contribution in [3.8, 4) is 6.07 Å². The summed E-state index contributed by atoms with van der Waals surface area (Å²) in [6.45, 7) is 0.690. The van der Waals surface area contributed by atoms with Crippen LogP contribution in [0.2, 0.25) is 5.02 Å². The summed E-state index contributed by atoms with van der Waals surface area (Å²) in [5, 5.41) is 9.75. The molecule has 2 aromatic rings. The van der Waals surface area contributed by atoms with Gasteiger partial charge in [-0.1, -0.05) is 23.7 Å². The van der Waals surface area contributed by atoms with Crippen molar-refractivity contribution in [3.05, 3.63) is 58.6 Å². The Hall–Kier alpha value is -2.18. The van der Waals surface area contributed by atoms with Gasteiger partial charge in [0, 0.05) is 24.3 Å². The van der Waals surface area contributed by atoms with E-state index in [1.54, 1.807) is 18.2 Å². The van der Waals surface area contributed by atoms with Gasteiger partial charge >= 0.3 is 0 Å². The minimum Gasteiger partial charge on any atom is -0.399 e. The fraction of sp³-hybridized carbons (Fsp3) is 0.133. The van der Waals surface area contributed by atoms with Crippen molar-refractivity contribution in [2.24, 2.45) is 0 Å². The number of halogens is 1. The van der Waals surface area contributed by atoms with Crippen molar-refractivity contribution in [1.29, 1.82) is 5.26 Å². The van der Waals surface area contributed by atoms with E-state index in [1.807, 2.05) is 36.2 Å². The van der Waals surface area contributed by atoms with Crippen LogP contribution in [0, 0.1) is 11.3 Å². The first-order valence-corrected chi connectivity index (χ1v) is 6.23. The van der Waals surface area contributed by atoms with Crippen LogP contribution >= 0.6 is 11.6 Å². The Morgan fingerprint density at radius 2 is 1.89 bits per heavy atom. The van der Waals surface area contributed by atoms with Gasteiger partial charge in [-0.25, -0.2) is 0 Å². The Balaban J connectivity index is 2.25. The van der Waals surface area contributed by atoms with E-state index in [4.69, 9.17) is 22.6 Å². The number of anilines is 2. The molecule has 0 atom stereocenters. The molecular formula is C15H14ClN3. The Morgan fingerprint density at radius 1 is 1.21 bits per heavy atom. The molecule has 0 saturated carbocycles. The molecule has 0 radical (unpaired) electrons. The average molecular weight is 272 g/mol. The molecule has 0 spiro atoms. The Morgan fingerprint density at radius 3 is 2.53 bits per heavy atom. The number of rotatable bonds is 3. The van der Waals surface area contributed by atoms with E-state index in [0.717, 1.165) is 16.9 Å². The number of nitrogens with two attached hydrogens (primary N) is 1. The topological polar surface area (TPSA) is 53.0 Å². The standard InChI is InChI=1S/C15H14ClN3/c1-19(10-11-2-6-14(18)7-3-11)15-8-13(16)5-4-12(15)9-17/h2-8H,10,18H2,1H3. The predicted molar refractivity (Wildman–Crippen MR) is 79.1 cm³/mol. The highest BCUT2D eigenvalue weighted by atomic mass is 35.5. The minimum absolute atomic E-state index is 0.613. The third kappa shape index (κ3) is 3.18. The molecule has 2 aromatic carbocycles. The summed E-state index contributed by atoms with van der Waals surface area (Å²) in [7, 11) is 1.93. The molecule has 96 valence electrons. The second-order valence-electron chi connectivity index (χ2n) is 4.37. The number of hydrogen-bond donors (Lipinski definition) is 1. The maximum Gasteiger partial charge on any atom is 0.101 e. The lowest BCUT2D eigenvalue weighted by Crippen LogP contribution is -2.17. The van der Waals surface area contributed by atoms with Gasteiger partial charge in [-0.2, -0.15) is 5.26 Å². The minimum atomic E-state index is 0.613. The maximum atomic E-state index is 9.12. The SMILES string of the molecule is CN(Cc1ccc(N)cc1)c1cc(Cl)ccc1C#N. The average Bonchev–Trinajstić information content (AvgIpc) is 2.41. The second kappa shape index (κ2) is 5.64. The largest absolute Gasteiger partial charge is 0.399 e. The molecule has 0 fully saturated rings. The van der Waals surface area contributed by atoms with Crippen LogP contribution in [0.1, 0.15) is 11.1 Å². The van der Waals surface area contributed by atoms with E-state index >= 15 is 0 Å². The van der Waals surface area contributed by atoms with E-state index in [1.165, 1.54) is 0 Å². The summed E-state index contributed by atoms with van der Waals surface area (Å²) in [6, 6.07) is 15.1. The van der Waals surface area contributed by atoms with Crippen LogP contribution in [0.4, 0.5) is 11.4 Å². The van der Waals surface area contributed by atoms with Crippen molar-refractivity contribution < 1.29 is 0 Å². The summed E-state index contributed by atoms with van der Waals surface area (Å²) in [5.41, 5.74) is 8.97. The van der Waals surface area contributed by atoms with E-state index < -0.39 is 0 Å². The fourth-order valence-electron chi connectivity index (χ4n) is 1.90. The summed E-state index contributed by atoms with van der Waals surface area (Å²) in [4.78, 5) is 2.00. The number of nitriles is 1. The van der Waals surface area contributed by atoms with Crippen LogP contribution in [0.3, 0.4) is 0 Å². The van der Waals surface area contributed by atoms with Gasteiger partial charge in [0.15, 0.2) is 0 Å². The molecule has 0 aliphatic heterocycles. The number of nitrogens with zero attached hydrogens (tertiary/aromatic N) is 2. The Kier molecular flexibility index (Phi) is 3.94. The van der Waals surface area contributed by atoms with Crippen LogP contribution in [0.15, 0.2) is 42.5 Å². The molecular weight excluding hydrogens is 258 g/mol. The normalized spacial score (nSPS) is 9.95. The molecule has 3 nitrogen and oxygen atoms in total.